The molecule has 0 heterocycles. The topological polar surface area (TPSA) is 105 Å². The Kier molecular flexibility index (Phi) is 6.93. The van der Waals surface area contributed by atoms with Crippen LogP contribution in [-0.2, 0) is 9.53 Å². The Morgan fingerprint density at radius 2 is 1.60 bits per heavy atom. The summed E-state index contributed by atoms with van der Waals surface area (Å²) in [4.78, 5) is 37.1. The predicted molar refractivity (Wildman–Crippen MR) is 137 cm³/mol. The number of hydrogen-bond donors (Lipinski definition) is 3. The van der Waals surface area contributed by atoms with Crippen LogP contribution in [0.2, 0.25) is 0 Å². The van der Waals surface area contributed by atoms with Crippen molar-refractivity contribution in [3.05, 3.63) is 87.9 Å². The number of halogens is 1. The largest absolute Gasteiger partial charge is 0.478 e. The van der Waals surface area contributed by atoms with Gasteiger partial charge in [0.05, 0.1) is 5.56 Å². The van der Waals surface area contributed by atoms with E-state index in [0.717, 1.165) is 22.3 Å². The zero-order chi connectivity index (χ0) is 25.2. The van der Waals surface area contributed by atoms with E-state index in [1.54, 1.807) is 26.0 Å². The molecule has 1 aliphatic rings. The third kappa shape index (κ3) is 4.93. The first kappa shape index (κ1) is 24.5. The van der Waals surface area contributed by atoms with Gasteiger partial charge in [-0.25, -0.2) is 9.59 Å². The van der Waals surface area contributed by atoms with Gasteiger partial charge in [0.15, 0.2) is 0 Å². The zero-order valence-electron chi connectivity index (χ0n) is 19.3. The lowest BCUT2D eigenvalue weighted by Gasteiger charge is -2.28. The van der Waals surface area contributed by atoms with Gasteiger partial charge in [-0.15, -0.1) is 0 Å². The maximum Gasteiger partial charge on any atom is 0.408 e. The molecular formula is C27H25BrN2O5. The number of ether oxygens (including phenoxy) is 1. The highest BCUT2D eigenvalue weighted by Crippen LogP contribution is 2.44. The zero-order valence-corrected chi connectivity index (χ0v) is 20.9. The molecule has 1 aliphatic carbocycles. The molecule has 35 heavy (non-hydrogen) atoms. The average Bonchev–Trinajstić information content (AvgIpc) is 3.17. The second-order valence-corrected chi connectivity index (χ2v) is 9.44. The molecule has 3 N–H and O–H groups in total. The summed E-state index contributed by atoms with van der Waals surface area (Å²) in [5, 5.41) is 14.7. The minimum absolute atomic E-state index is 0.0190. The maximum atomic E-state index is 13.0. The number of benzene rings is 3. The number of alkyl carbamates (subject to hydrolysis) is 1. The first-order valence-electron chi connectivity index (χ1n) is 11.2. The van der Waals surface area contributed by atoms with Crippen molar-refractivity contribution in [2.75, 3.05) is 11.9 Å². The molecule has 0 radical (unpaired) electrons. The molecule has 4 rings (SSSR count). The highest BCUT2D eigenvalue weighted by molar-refractivity contribution is 9.10. The van der Waals surface area contributed by atoms with Crippen LogP contribution in [0.3, 0.4) is 0 Å². The number of hydrogen-bond acceptors (Lipinski definition) is 4. The minimum Gasteiger partial charge on any atom is -0.478 e. The molecule has 0 fully saturated rings. The first-order chi connectivity index (χ1) is 16.7. The Morgan fingerprint density at radius 1 is 1.00 bits per heavy atom. The number of aromatic carboxylic acids is 1. The highest BCUT2D eigenvalue weighted by Gasteiger charge is 2.35. The molecule has 180 valence electrons. The van der Waals surface area contributed by atoms with E-state index in [1.165, 1.54) is 6.07 Å². The molecule has 8 heteroatoms. The number of rotatable bonds is 7. The molecule has 0 spiro atoms. The van der Waals surface area contributed by atoms with E-state index in [2.05, 4.69) is 38.7 Å². The van der Waals surface area contributed by atoms with Gasteiger partial charge in [0.2, 0.25) is 5.91 Å². The van der Waals surface area contributed by atoms with E-state index < -0.39 is 23.5 Å². The van der Waals surface area contributed by atoms with Crippen molar-refractivity contribution < 1.29 is 24.2 Å². The van der Waals surface area contributed by atoms with Gasteiger partial charge < -0.3 is 20.5 Å². The normalized spacial score (nSPS) is 13.8. The fourth-order valence-corrected chi connectivity index (χ4v) is 4.62. The first-order valence-corrected chi connectivity index (χ1v) is 12.0. The smallest absolute Gasteiger partial charge is 0.408 e. The molecule has 1 unspecified atom stereocenters. The van der Waals surface area contributed by atoms with Gasteiger partial charge in [-0.1, -0.05) is 55.5 Å². The monoisotopic (exact) mass is 536 g/mol. The van der Waals surface area contributed by atoms with E-state index in [4.69, 9.17) is 4.74 Å². The number of carbonyl (C=O) groups excluding carboxylic acids is 2. The summed E-state index contributed by atoms with van der Waals surface area (Å²) in [7, 11) is 0. The molecule has 2 amide bonds. The van der Waals surface area contributed by atoms with Crippen LogP contribution >= 0.6 is 15.9 Å². The Balaban J connectivity index is 1.44. The van der Waals surface area contributed by atoms with Crippen LogP contribution < -0.4 is 10.6 Å². The lowest BCUT2D eigenvalue weighted by Crippen LogP contribution is -2.54. The van der Waals surface area contributed by atoms with Gasteiger partial charge in [-0.05, 0) is 69.7 Å². The van der Waals surface area contributed by atoms with Crippen LogP contribution in [-0.4, -0.2) is 35.2 Å². The summed E-state index contributed by atoms with van der Waals surface area (Å²) in [6, 6.07) is 20.6. The maximum absolute atomic E-state index is 13.0. The Labute approximate surface area is 211 Å². The number of amides is 2. The lowest BCUT2D eigenvalue weighted by atomic mass is 9.97. The molecule has 3 aromatic rings. The Morgan fingerprint density at radius 3 is 2.17 bits per heavy atom. The van der Waals surface area contributed by atoms with Gasteiger partial charge >= 0.3 is 12.1 Å². The quantitative estimate of drug-likeness (QED) is 0.354. The Hall–Kier alpha value is -3.65. The summed E-state index contributed by atoms with van der Waals surface area (Å²) in [5.41, 5.74) is 3.52. The molecule has 0 bridgehead atoms. The average molecular weight is 537 g/mol. The third-order valence-electron chi connectivity index (χ3n) is 6.38. The number of nitrogens with one attached hydrogen (secondary N) is 2. The second-order valence-electron chi connectivity index (χ2n) is 8.59. The van der Waals surface area contributed by atoms with Crippen molar-refractivity contribution in [1.29, 1.82) is 0 Å². The molecule has 1 atom stereocenters. The van der Waals surface area contributed by atoms with Crippen molar-refractivity contribution in [3.63, 3.8) is 0 Å². The van der Waals surface area contributed by atoms with Crippen molar-refractivity contribution in [2.24, 2.45) is 0 Å². The van der Waals surface area contributed by atoms with E-state index in [9.17, 15) is 19.5 Å². The van der Waals surface area contributed by atoms with Gasteiger partial charge in [0, 0.05) is 16.1 Å². The highest BCUT2D eigenvalue weighted by atomic mass is 79.9. The van der Waals surface area contributed by atoms with Crippen molar-refractivity contribution in [2.45, 2.75) is 31.7 Å². The Bertz CT molecular complexity index is 1260. The summed E-state index contributed by atoms with van der Waals surface area (Å²) in [6.07, 6.45) is -0.404. The van der Waals surface area contributed by atoms with Crippen molar-refractivity contribution in [1.82, 2.24) is 5.32 Å². The summed E-state index contributed by atoms with van der Waals surface area (Å²) in [5.74, 6) is -1.69. The minimum atomic E-state index is -1.26. The fourth-order valence-electron chi connectivity index (χ4n) is 4.20. The van der Waals surface area contributed by atoms with Crippen LogP contribution in [0.25, 0.3) is 11.1 Å². The summed E-state index contributed by atoms with van der Waals surface area (Å²) < 4.78 is 5.99. The van der Waals surface area contributed by atoms with Gasteiger partial charge in [-0.3, -0.25) is 4.79 Å². The van der Waals surface area contributed by atoms with Crippen LogP contribution in [0.5, 0.6) is 0 Å². The number of fused-ring (bicyclic) bond motifs is 3. The number of anilines is 1. The molecule has 3 aromatic carbocycles. The molecule has 0 aromatic heterocycles. The van der Waals surface area contributed by atoms with E-state index >= 15 is 0 Å². The number of carbonyl (C=O) groups is 3. The number of carboxylic acids is 1. The van der Waals surface area contributed by atoms with Gasteiger partial charge in [0.25, 0.3) is 0 Å². The van der Waals surface area contributed by atoms with Gasteiger partial charge in [0.1, 0.15) is 12.1 Å². The van der Waals surface area contributed by atoms with Crippen LogP contribution in [0.15, 0.2) is 71.2 Å². The van der Waals surface area contributed by atoms with Crippen LogP contribution in [0.4, 0.5) is 10.5 Å². The molecule has 7 nitrogen and oxygen atoms in total. The fraction of sp³-hybridized carbons (Fsp3) is 0.222. The van der Waals surface area contributed by atoms with Gasteiger partial charge in [-0.2, -0.15) is 0 Å². The lowest BCUT2D eigenvalue weighted by molar-refractivity contribution is -0.121. The molecule has 0 aliphatic heterocycles. The third-order valence-corrected chi connectivity index (χ3v) is 7.08. The van der Waals surface area contributed by atoms with E-state index in [-0.39, 0.29) is 18.1 Å². The summed E-state index contributed by atoms with van der Waals surface area (Å²) in [6.45, 7) is 3.50. The van der Waals surface area contributed by atoms with Crippen molar-refractivity contribution in [3.8, 4) is 11.1 Å². The van der Waals surface area contributed by atoms with Crippen molar-refractivity contribution >= 4 is 39.6 Å². The molecular weight excluding hydrogens is 512 g/mol. The molecule has 0 saturated carbocycles. The second kappa shape index (κ2) is 9.92. The summed E-state index contributed by atoms with van der Waals surface area (Å²) >= 11 is 3.18. The SMILES string of the molecule is CCC(C)(NC(=O)OCC1c2ccccc2-c2ccccc21)C(=O)Nc1ccc(Br)c(C(=O)O)c1. The van der Waals surface area contributed by atoms with E-state index in [1.807, 2.05) is 36.4 Å². The van der Waals surface area contributed by atoms with Crippen LogP contribution in [0, 0.1) is 0 Å². The van der Waals surface area contributed by atoms with E-state index in [0.29, 0.717) is 16.6 Å². The predicted octanol–water partition coefficient (Wildman–Crippen LogP) is 5.79. The molecule has 0 saturated heterocycles. The standard InChI is InChI=1S/C27H25BrN2O5/c1-3-27(2,25(33)29-16-12-13-23(28)21(14-16)24(31)32)30-26(34)35-15-22-19-10-6-4-8-17(19)18-9-5-7-11-20(18)22/h4-14,22H,3,15H2,1-2H3,(H,29,33)(H,30,34)(H,31,32). The van der Waals surface area contributed by atoms with Crippen LogP contribution in [0.1, 0.15) is 47.7 Å². The number of carboxylic acid groups (broad SMARTS) is 1.